The maximum atomic E-state index is 12.8. The molecule has 0 radical (unpaired) electrons. The van der Waals surface area contributed by atoms with Crippen molar-refractivity contribution in [3.63, 3.8) is 0 Å². The number of aromatic nitrogens is 2. The summed E-state index contributed by atoms with van der Waals surface area (Å²) in [4.78, 5) is 9.91. The van der Waals surface area contributed by atoms with Crippen molar-refractivity contribution in [1.29, 1.82) is 0 Å². The first-order valence-corrected chi connectivity index (χ1v) is 7.25. The van der Waals surface area contributed by atoms with Crippen LogP contribution in [0, 0.1) is 6.92 Å². The fraction of sp³-hybridized carbons (Fsp3) is 0.714. The van der Waals surface area contributed by atoms with Gasteiger partial charge in [-0.25, -0.2) is 9.97 Å². The van der Waals surface area contributed by atoms with E-state index in [1.165, 1.54) is 4.90 Å². The van der Waals surface area contributed by atoms with Crippen LogP contribution in [0.2, 0.25) is 5.15 Å². The van der Waals surface area contributed by atoms with E-state index >= 15 is 0 Å². The van der Waals surface area contributed by atoms with Gasteiger partial charge in [-0.3, -0.25) is 0 Å². The highest BCUT2D eigenvalue weighted by atomic mass is 35.5. The molecule has 1 aromatic rings. The molecule has 0 N–H and O–H groups in total. The number of rotatable bonds is 3. The van der Waals surface area contributed by atoms with Gasteiger partial charge in [0.25, 0.3) is 0 Å². The van der Waals surface area contributed by atoms with Crippen LogP contribution in [0.25, 0.3) is 0 Å². The maximum absolute atomic E-state index is 12.8. The average molecular weight is 322 g/mol. The van der Waals surface area contributed by atoms with Crippen LogP contribution in [-0.2, 0) is 5.41 Å². The molecule has 0 bridgehead atoms. The van der Waals surface area contributed by atoms with E-state index in [4.69, 9.17) is 11.6 Å². The molecule has 1 saturated carbocycles. The van der Waals surface area contributed by atoms with Crippen molar-refractivity contribution in [2.45, 2.75) is 58.2 Å². The lowest BCUT2D eigenvalue weighted by atomic mass is 9.95. The molecule has 21 heavy (non-hydrogen) atoms. The first-order chi connectivity index (χ1) is 9.49. The number of hydrogen-bond acceptors (Lipinski definition) is 3. The van der Waals surface area contributed by atoms with Crippen LogP contribution in [0.5, 0.6) is 0 Å². The number of nitrogens with zero attached hydrogens (tertiary/aromatic N) is 3. The molecule has 7 heteroatoms. The summed E-state index contributed by atoms with van der Waals surface area (Å²) in [5.41, 5.74) is 0.125. The molecule has 118 valence electrons. The number of anilines is 1. The molecular weight excluding hydrogens is 303 g/mol. The van der Waals surface area contributed by atoms with E-state index in [-0.39, 0.29) is 16.6 Å². The lowest BCUT2D eigenvalue weighted by molar-refractivity contribution is -0.120. The van der Waals surface area contributed by atoms with E-state index in [0.717, 1.165) is 12.8 Å². The molecular formula is C14H19ClF3N3. The summed E-state index contributed by atoms with van der Waals surface area (Å²) in [6.07, 6.45) is -2.77. The highest BCUT2D eigenvalue weighted by Crippen LogP contribution is 2.37. The Morgan fingerprint density at radius 2 is 1.76 bits per heavy atom. The summed E-state index contributed by atoms with van der Waals surface area (Å²) in [6.45, 7) is 6.38. The number of alkyl halides is 3. The zero-order valence-electron chi connectivity index (χ0n) is 12.6. The molecule has 3 nitrogen and oxygen atoms in total. The van der Waals surface area contributed by atoms with Gasteiger partial charge in [0.15, 0.2) is 0 Å². The fourth-order valence-electron chi connectivity index (χ4n) is 2.05. The topological polar surface area (TPSA) is 29.0 Å². The molecule has 1 fully saturated rings. The Labute approximate surface area is 127 Å². The third kappa shape index (κ3) is 3.99. The van der Waals surface area contributed by atoms with Gasteiger partial charge in [-0.2, -0.15) is 13.2 Å². The highest BCUT2D eigenvalue weighted by molar-refractivity contribution is 6.30. The Morgan fingerprint density at radius 1 is 1.19 bits per heavy atom. The van der Waals surface area contributed by atoms with Crippen LogP contribution >= 0.6 is 11.6 Å². The lowest BCUT2D eigenvalue weighted by Crippen LogP contribution is -2.37. The van der Waals surface area contributed by atoms with Crippen LogP contribution in [-0.4, -0.2) is 28.7 Å². The highest BCUT2D eigenvalue weighted by Gasteiger charge is 2.40. The van der Waals surface area contributed by atoms with Crippen molar-refractivity contribution in [1.82, 2.24) is 9.97 Å². The van der Waals surface area contributed by atoms with Gasteiger partial charge in [0, 0.05) is 17.0 Å². The Bertz CT molecular complexity index is 533. The molecule has 0 amide bonds. The molecule has 2 rings (SSSR count). The Balaban J connectivity index is 2.46. The first-order valence-electron chi connectivity index (χ1n) is 6.87. The molecule has 1 heterocycles. The van der Waals surface area contributed by atoms with Gasteiger partial charge in [0.2, 0.25) is 0 Å². The summed E-state index contributed by atoms with van der Waals surface area (Å²) in [6, 6.07) is -0.107. The summed E-state index contributed by atoms with van der Waals surface area (Å²) < 4.78 is 38.5. The van der Waals surface area contributed by atoms with Crippen molar-refractivity contribution < 1.29 is 13.2 Å². The van der Waals surface area contributed by atoms with E-state index in [0.29, 0.717) is 17.2 Å². The fourth-order valence-corrected chi connectivity index (χ4v) is 2.21. The van der Waals surface area contributed by atoms with E-state index in [2.05, 4.69) is 9.97 Å². The van der Waals surface area contributed by atoms with Crippen molar-refractivity contribution in [3.8, 4) is 0 Å². The Morgan fingerprint density at radius 3 is 2.19 bits per heavy atom. The smallest absolute Gasteiger partial charge is 0.344 e. The number of hydrogen-bond donors (Lipinski definition) is 0. The monoisotopic (exact) mass is 321 g/mol. The van der Waals surface area contributed by atoms with Crippen LogP contribution in [0.1, 0.15) is 45.0 Å². The second-order valence-corrected chi connectivity index (χ2v) is 6.87. The maximum Gasteiger partial charge on any atom is 0.405 e. The predicted octanol–water partition coefficient (Wildman–Crippen LogP) is 4.27. The van der Waals surface area contributed by atoms with Crippen molar-refractivity contribution in [2.24, 2.45) is 0 Å². The first kappa shape index (κ1) is 16.3. The molecule has 0 atom stereocenters. The van der Waals surface area contributed by atoms with Crippen molar-refractivity contribution in [2.75, 3.05) is 11.4 Å². The molecule has 0 aromatic carbocycles. The zero-order chi connectivity index (χ0) is 16.0. The predicted molar refractivity (Wildman–Crippen MR) is 76.9 cm³/mol. The van der Waals surface area contributed by atoms with Gasteiger partial charge in [-0.05, 0) is 19.8 Å². The number of halogens is 4. The van der Waals surface area contributed by atoms with Gasteiger partial charge in [0.1, 0.15) is 23.3 Å². The van der Waals surface area contributed by atoms with Crippen LogP contribution in [0.15, 0.2) is 0 Å². The van der Waals surface area contributed by atoms with Crippen LogP contribution in [0.4, 0.5) is 19.0 Å². The summed E-state index contributed by atoms with van der Waals surface area (Å²) in [5.74, 6) is 0.765. The van der Waals surface area contributed by atoms with Crippen molar-refractivity contribution >= 4 is 17.4 Å². The minimum Gasteiger partial charge on any atom is -0.344 e. The third-order valence-electron chi connectivity index (χ3n) is 3.34. The SMILES string of the molecule is Cc1c(Cl)nc(C(C)(C)C)nc1N(CC(F)(F)F)C1CC1. The summed E-state index contributed by atoms with van der Waals surface area (Å²) in [5, 5.41) is 0.220. The molecule has 1 aliphatic carbocycles. The van der Waals surface area contributed by atoms with E-state index in [9.17, 15) is 13.2 Å². The lowest BCUT2D eigenvalue weighted by Gasteiger charge is -2.28. The molecule has 0 saturated heterocycles. The van der Waals surface area contributed by atoms with Gasteiger partial charge in [-0.1, -0.05) is 32.4 Å². The van der Waals surface area contributed by atoms with Gasteiger partial charge in [-0.15, -0.1) is 0 Å². The third-order valence-corrected chi connectivity index (χ3v) is 3.71. The van der Waals surface area contributed by atoms with E-state index < -0.39 is 12.7 Å². The van der Waals surface area contributed by atoms with Crippen LogP contribution < -0.4 is 4.90 Å². The van der Waals surface area contributed by atoms with Gasteiger partial charge in [0.05, 0.1) is 0 Å². The molecule has 1 aromatic heterocycles. The second-order valence-electron chi connectivity index (χ2n) is 6.51. The van der Waals surface area contributed by atoms with E-state index in [1.54, 1.807) is 6.92 Å². The Kier molecular flexibility index (Phi) is 4.12. The Hall–Kier alpha value is -1.04. The minimum absolute atomic E-state index is 0.107. The standard InChI is InChI=1S/C14H19ClF3N3/c1-8-10(15)19-12(13(2,3)4)20-11(8)21(9-5-6-9)7-14(16,17)18/h9H,5-7H2,1-4H3. The normalized spacial score (nSPS) is 16.2. The molecule has 0 aliphatic heterocycles. The molecule has 0 unspecified atom stereocenters. The van der Waals surface area contributed by atoms with Crippen LogP contribution in [0.3, 0.4) is 0 Å². The largest absolute Gasteiger partial charge is 0.405 e. The molecule has 1 aliphatic rings. The minimum atomic E-state index is -4.27. The summed E-state index contributed by atoms with van der Waals surface area (Å²) in [7, 11) is 0. The van der Waals surface area contributed by atoms with Gasteiger partial charge >= 0.3 is 6.18 Å². The molecule has 0 spiro atoms. The van der Waals surface area contributed by atoms with E-state index in [1.807, 2.05) is 20.8 Å². The second kappa shape index (κ2) is 5.30. The average Bonchev–Trinajstić information content (AvgIpc) is 3.11. The van der Waals surface area contributed by atoms with Gasteiger partial charge < -0.3 is 4.90 Å². The zero-order valence-corrected chi connectivity index (χ0v) is 13.3. The quantitative estimate of drug-likeness (QED) is 0.779. The summed E-state index contributed by atoms with van der Waals surface area (Å²) >= 11 is 6.11. The van der Waals surface area contributed by atoms with Crippen molar-refractivity contribution in [3.05, 3.63) is 16.5 Å².